The van der Waals surface area contributed by atoms with E-state index in [-0.39, 0.29) is 41.9 Å². The van der Waals surface area contributed by atoms with Crippen molar-refractivity contribution < 1.29 is 28.3 Å². The normalized spacial score (nSPS) is 11.6. The molecule has 18 heteroatoms. The number of primary amides is 2. The lowest BCUT2D eigenvalue weighted by molar-refractivity contribution is 0.0987. The summed E-state index contributed by atoms with van der Waals surface area (Å²) in [4.78, 5) is 67.5. The Morgan fingerprint density at radius 3 is 2.22 bits per heavy atom. The first-order chi connectivity index (χ1) is 27.8. The van der Waals surface area contributed by atoms with Gasteiger partial charge in [-0.1, -0.05) is 26.0 Å². The molecule has 0 radical (unpaired) electrons. The molecule has 2 aromatic carbocycles. The molecule has 6 aromatic rings. The largest absolute Gasteiger partial charge is 0.491 e. The molecular weight excluding hydrogens is 745 g/mol. The van der Waals surface area contributed by atoms with E-state index in [2.05, 4.69) is 37.5 Å². The predicted molar refractivity (Wildman–Crippen MR) is 218 cm³/mol. The highest BCUT2D eigenvalue weighted by atomic mass is 16.5. The SMILES string of the molecule is CCc1nc(C)oc1C(=O)Nc1nc2cc(C(N)=O)cc(OCCCN(C)CC)c2n1CC=CCn1c(NC(=O)c2cc(C)nn2CC)nc2cc(C(N)=O)ccc21. The fourth-order valence-electron chi connectivity index (χ4n) is 6.53. The lowest BCUT2D eigenvalue weighted by Crippen LogP contribution is -2.20. The lowest BCUT2D eigenvalue weighted by Gasteiger charge is -2.15. The lowest BCUT2D eigenvalue weighted by atomic mass is 10.1. The van der Waals surface area contributed by atoms with Crippen LogP contribution in [0.15, 0.2) is 53.0 Å². The first-order valence-corrected chi connectivity index (χ1v) is 19.1. The summed E-state index contributed by atoms with van der Waals surface area (Å²) in [6, 6.07) is 9.72. The van der Waals surface area contributed by atoms with Gasteiger partial charge in [-0.15, -0.1) is 0 Å². The van der Waals surface area contributed by atoms with Crippen LogP contribution in [0.25, 0.3) is 22.1 Å². The van der Waals surface area contributed by atoms with Crippen molar-refractivity contribution in [3.8, 4) is 5.75 Å². The fourth-order valence-corrected chi connectivity index (χ4v) is 6.53. The van der Waals surface area contributed by atoms with Crippen LogP contribution >= 0.6 is 0 Å². The molecule has 4 heterocycles. The van der Waals surface area contributed by atoms with E-state index in [0.717, 1.165) is 13.1 Å². The number of nitrogens with two attached hydrogens (primary N) is 2. The third kappa shape index (κ3) is 8.76. The maximum absolute atomic E-state index is 13.6. The summed E-state index contributed by atoms with van der Waals surface area (Å²) in [6.45, 7) is 12.3. The Labute approximate surface area is 334 Å². The Hall–Kier alpha value is -6.82. The van der Waals surface area contributed by atoms with Crippen molar-refractivity contribution in [1.82, 2.24) is 38.8 Å². The number of hydrogen-bond donors (Lipinski definition) is 4. The van der Waals surface area contributed by atoms with E-state index in [1.165, 1.54) is 0 Å². The summed E-state index contributed by atoms with van der Waals surface area (Å²) in [7, 11) is 2.02. The first kappa shape index (κ1) is 40.8. The van der Waals surface area contributed by atoms with Gasteiger partial charge in [-0.3, -0.25) is 34.5 Å². The number of benzene rings is 2. The Balaban J connectivity index is 1.37. The molecule has 6 N–H and O–H groups in total. The summed E-state index contributed by atoms with van der Waals surface area (Å²) in [5.74, 6) is -1.01. The number of amides is 4. The molecule has 0 fully saturated rings. The van der Waals surface area contributed by atoms with E-state index < -0.39 is 23.6 Å². The monoisotopic (exact) mass is 792 g/mol. The summed E-state index contributed by atoms with van der Waals surface area (Å²) in [6.07, 6.45) is 4.92. The van der Waals surface area contributed by atoms with Gasteiger partial charge in [0.05, 0.1) is 34.5 Å². The molecule has 0 aliphatic carbocycles. The van der Waals surface area contributed by atoms with Crippen molar-refractivity contribution >= 4 is 57.6 Å². The summed E-state index contributed by atoms with van der Waals surface area (Å²) in [5.41, 5.74) is 15.3. The Kier molecular flexibility index (Phi) is 12.3. The minimum Gasteiger partial charge on any atom is -0.491 e. The number of fused-ring (bicyclic) bond motifs is 2. The van der Waals surface area contributed by atoms with E-state index in [4.69, 9.17) is 25.6 Å². The molecule has 0 saturated heterocycles. The molecule has 58 heavy (non-hydrogen) atoms. The number of oxazole rings is 1. The highest BCUT2D eigenvalue weighted by Crippen LogP contribution is 2.32. The third-order valence-electron chi connectivity index (χ3n) is 9.58. The van der Waals surface area contributed by atoms with Crippen molar-refractivity contribution in [2.24, 2.45) is 11.5 Å². The summed E-state index contributed by atoms with van der Waals surface area (Å²) >= 11 is 0. The minimum atomic E-state index is -0.657. The minimum absolute atomic E-state index is 0.0710. The standard InChI is InChI=1S/C40H48N12O6/c1-7-27-34(58-24(5)43-27)38(56)47-40-45-29-21-26(36(42)54)22-32(57-18-12-15-49(6)8-2)33(29)51(40)17-11-10-16-50-30-14-13-25(35(41)53)20-28(30)44-39(50)46-37(55)31-19-23(4)48-52(31)9-3/h10-11,13-14,19-22H,7-9,12,15-18H2,1-6H3,(H2,41,53)(H2,42,54)(H,44,46,55)(H,45,47,56). The molecule has 0 spiro atoms. The van der Waals surface area contributed by atoms with Crippen LogP contribution in [-0.2, 0) is 26.1 Å². The van der Waals surface area contributed by atoms with E-state index in [0.29, 0.717) is 76.8 Å². The number of carbonyl (C=O) groups is 4. The number of imidazole rings is 2. The number of nitrogens with one attached hydrogen (secondary N) is 2. The second kappa shape index (κ2) is 17.5. The molecule has 0 bridgehead atoms. The van der Waals surface area contributed by atoms with Crippen LogP contribution in [0, 0.1) is 13.8 Å². The number of aryl methyl sites for hydroxylation is 4. The van der Waals surface area contributed by atoms with Gasteiger partial charge in [0.1, 0.15) is 17.0 Å². The number of hydrogen-bond acceptors (Lipinski definition) is 11. The van der Waals surface area contributed by atoms with Gasteiger partial charge in [0.2, 0.25) is 29.5 Å². The molecule has 18 nitrogen and oxygen atoms in total. The van der Waals surface area contributed by atoms with Gasteiger partial charge < -0.3 is 34.7 Å². The van der Waals surface area contributed by atoms with Crippen LogP contribution in [0.2, 0.25) is 0 Å². The van der Waals surface area contributed by atoms with Crippen molar-refractivity contribution in [3.63, 3.8) is 0 Å². The van der Waals surface area contributed by atoms with Gasteiger partial charge in [0, 0.05) is 44.2 Å². The fraction of sp³-hybridized carbons (Fsp3) is 0.350. The quantitative estimate of drug-likeness (QED) is 0.0701. The average Bonchev–Trinajstić information content (AvgIpc) is 3.96. The van der Waals surface area contributed by atoms with Crippen molar-refractivity contribution in [2.75, 3.05) is 37.4 Å². The van der Waals surface area contributed by atoms with Crippen molar-refractivity contribution in [1.29, 1.82) is 0 Å². The highest BCUT2D eigenvalue weighted by molar-refractivity contribution is 6.05. The second-order valence-corrected chi connectivity index (χ2v) is 13.7. The topological polar surface area (TPSA) is 236 Å². The molecule has 4 amide bonds. The molecule has 0 aliphatic rings. The number of ether oxygens (including phenoxy) is 1. The van der Waals surface area contributed by atoms with Crippen LogP contribution in [0.4, 0.5) is 11.9 Å². The molecule has 0 unspecified atom stereocenters. The number of aromatic nitrogens is 7. The molecular formula is C40H48N12O6. The van der Waals surface area contributed by atoms with Crippen LogP contribution in [0.3, 0.4) is 0 Å². The van der Waals surface area contributed by atoms with Gasteiger partial charge >= 0.3 is 0 Å². The second-order valence-electron chi connectivity index (χ2n) is 13.7. The number of carbonyl (C=O) groups excluding carboxylic acids is 4. The number of rotatable bonds is 18. The van der Waals surface area contributed by atoms with E-state index in [9.17, 15) is 19.2 Å². The van der Waals surface area contributed by atoms with Gasteiger partial charge in [0.25, 0.3) is 11.8 Å². The smallest absolute Gasteiger partial charge is 0.295 e. The Bertz CT molecular complexity index is 2540. The van der Waals surface area contributed by atoms with Crippen molar-refractivity contribution in [2.45, 2.75) is 67.1 Å². The molecule has 0 saturated carbocycles. The average molecular weight is 793 g/mol. The zero-order chi connectivity index (χ0) is 41.7. The van der Waals surface area contributed by atoms with Gasteiger partial charge in [-0.2, -0.15) is 5.10 Å². The first-order valence-electron chi connectivity index (χ1n) is 19.1. The summed E-state index contributed by atoms with van der Waals surface area (Å²) in [5, 5.41) is 10.2. The highest BCUT2D eigenvalue weighted by Gasteiger charge is 2.24. The maximum atomic E-state index is 13.6. The molecule has 4 aromatic heterocycles. The van der Waals surface area contributed by atoms with Crippen LogP contribution in [0.5, 0.6) is 5.75 Å². The number of allylic oxidation sites excluding steroid dienone is 2. The van der Waals surface area contributed by atoms with Crippen LogP contribution < -0.4 is 26.8 Å². The zero-order valence-electron chi connectivity index (χ0n) is 33.5. The zero-order valence-corrected chi connectivity index (χ0v) is 33.5. The number of anilines is 2. The van der Waals surface area contributed by atoms with E-state index in [1.807, 2.05) is 40.0 Å². The third-order valence-corrected chi connectivity index (χ3v) is 9.58. The molecule has 6 rings (SSSR count). The molecule has 0 atom stereocenters. The number of nitrogens with zero attached hydrogens (tertiary/aromatic N) is 8. The van der Waals surface area contributed by atoms with E-state index >= 15 is 0 Å². The Morgan fingerprint density at radius 1 is 0.862 bits per heavy atom. The van der Waals surface area contributed by atoms with Crippen molar-refractivity contribution in [3.05, 3.63) is 88.4 Å². The van der Waals surface area contributed by atoms with Gasteiger partial charge in [-0.25, -0.2) is 15.0 Å². The van der Waals surface area contributed by atoms with Crippen LogP contribution in [0.1, 0.15) is 86.2 Å². The molecule has 304 valence electrons. The summed E-state index contributed by atoms with van der Waals surface area (Å²) < 4.78 is 17.1. The van der Waals surface area contributed by atoms with Gasteiger partial charge in [0.15, 0.2) is 5.89 Å². The maximum Gasteiger partial charge on any atom is 0.295 e. The van der Waals surface area contributed by atoms with Gasteiger partial charge in [-0.05, 0) is 76.7 Å². The van der Waals surface area contributed by atoms with Crippen LogP contribution in [-0.4, -0.2) is 89.1 Å². The Morgan fingerprint density at radius 2 is 1.53 bits per heavy atom. The predicted octanol–water partition coefficient (Wildman–Crippen LogP) is 4.45. The van der Waals surface area contributed by atoms with E-state index in [1.54, 1.807) is 57.1 Å². The molecule has 0 aliphatic heterocycles.